The molecule has 0 aliphatic carbocycles. The van der Waals surface area contributed by atoms with Gasteiger partial charge in [0.2, 0.25) is 0 Å². The van der Waals surface area contributed by atoms with Crippen LogP contribution in [0.2, 0.25) is 0 Å². The molecule has 0 atom stereocenters. The number of aromatic nitrogens is 2. The van der Waals surface area contributed by atoms with Gasteiger partial charge in [0, 0.05) is 33.7 Å². The Morgan fingerprint density at radius 1 is 0.439 bits per heavy atom. The van der Waals surface area contributed by atoms with Crippen molar-refractivity contribution in [2.24, 2.45) is 0 Å². The molecule has 0 N–H and O–H groups in total. The first kappa shape index (κ1) is 35.9. The lowest BCUT2D eigenvalue weighted by molar-refractivity contribution is 0.745. The Balaban J connectivity index is 1.10. The predicted octanol–water partition coefficient (Wildman–Crippen LogP) is 15.1. The van der Waals surface area contributed by atoms with E-state index in [0.29, 0.717) is 5.69 Å². The van der Waals surface area contributed by atoms with Crippen molar-refractivity contribution in [3.05, 3.63) is 271 Å². The largest absolute Gasteiger partial charge is 0.355 e. The number of hydrogen-bond acceptors (Lipinski definition) is 3. The smallest absolute Gasteiger partial charge is 0.138 e. The molecule has 0 fully saturated rings. The van der Waals surface area contributed by atoms with Gasteiger partial charge in [0.1, 0.15) is 5.82 Å². The van der Waals surface area contributed by atoms with Crippen molar-refractivity contribution >= 4 is 38.9 Å². The van der Waals surface area contributed by atoms with Crippen LogP contribution in [0.15, 0.2) is 249 Å². The normalized spacial score (nSPS) is 13.4. The first-order chi connectivity index (χ1) is 33.9. The van der Waals surface area contributed by atoms with Gasteiger partial charge in [-0.25, -0.2) is 4.98 Å². The fourth-order valence-corrected chi connectivity index (χ4v) is 10.4. The van der Waals surface area contributed by atoms with Crippen molar-refractivity contribution in [3.8, 4) is 39.2 Å². The zero-order valence-corrected chi connectivity index (χ0v) is 36.2. The number of pyridine rings is 1. The molecule has 0 saturated carbocycles. The van der Waals surface area contributed by atoms with Crippen molar-refractivity contribution < 1.29 is 4.11 Å². The lowest BCUT2D eigenvalue weighted by atomic mass is 9.65. The average molecular weight is 850 g/mol. The second-order valence-electron chi connectivity index (χ2n) is 17.0. The molecule has 4 nitrogen and oxygen atoms in total. The van der Waals surface area contributed by atoms with Gasteiger partial charge < -0.3 is 9.80 Å². The topological polar surface area (TPSA) is 24.3 Å². The number of hydrogen-bond donors (Lipinski definition) is 0. The summed E-state index contributed by atoms with van der Waals surface area (Å²) in [6.07, 6.45) is 1.94. The van der Waals surface area contributed by atoms with E-state index in [0.717, 1.165) is 94.6 Å². The third-order valence-electron chi connectivity index (χ3n) is 13.4. The van der Waals surface area contributed by atoms with Crippen molar-refractivity contribution in [2.45, 2.75) is 5.41 Å². The first-order valence-electron chi connectivity index (χ1n) is 24.0. The number of fused-ring (bicyclic) bond motifs is 4. The molecule has 1 aliphatic rings. The van der Waals surface area contributed by atoms with Crippen LogP contribution in [0.5, 0.6) is 0 Å². The Morgan fingerprint density at radius 2 is 1.00 bits per heavy atom. The highest BCUT2D eigenvalue weighted by Gasteiger charge is 2.39. The van der Waals surface area contributed by atoms with E-state index in [9.17, 15) is 0 Å². The van der Waals surface area contributed by atoms with Gasteiger partial charge in [-0.3, -0.25) is 4.57 Å². The van der Waals surface area contributed by atoms with Crippen molar-refractivity contribution in [1.82, 2.24) is 9.55 Å². The third-order valence-corrected chi connectivity index (χ3v) is 13.4. The average Bonchev–Trinajstić information content (AvgIpc) is 3.97. The maximum Gasteiger partial charge on any atom is 0.138 e. The number of nitrogens with zero attached hydrogens (tertiary/aromatic N) is 4. The van der Waals surface area contributed by atoms with Crippen LogP contribution in [0.1, 0.15) is 26.4 Å². The summed E-state index contributed by atoms with van der Waals surface area (Å²) in [6, 6.07) is 85.7. The minimum Gasteiger partial charge on any atom is -0.355 e. The molecule has 0 bridgehead atoms. The van der Waals surface area contributed by atoms with Crippen molar-refractivity contribution in [2.75, 3.05) is 23.4 Å². The second kappa shape index (κ2) is 16.3. The second-order valence-corrected chi connectivity index (χ2v) is 17.0. The predicted molar refractivity (Wildman–Crippen MR) is 275 cm³/mol. The van der Waals surface area contributed by atoms with Crippen molar-refractivity contribution in [1.29, 1.82) is 0 Å². The Morgan fingerprint density at radius 3 is 1.68 bits per heavy atom. The standard InChI is InChI=1S/C62H46N4/c1-64-43-65(58-35-17-16-34-57(58)64)51-29-18-28-49(41-51)62(47-24-10-4-11-25-47,48-26-12-5-13-27-48)50-36-37-55-54-30-14-15-33-56(54)66(59(55)42-50)60-40-46(38-39-63-60)61-52(44-20-6-2-7-21-44)31-19-32-53(61)45-22-8-3-9-23-45/h2-42H,43H2,1H3/i1D3. The van der Waals surface area contributed by atoms with E-state index in [1.54, 1.807) is 0 Å². The number of para-hydroxylation sites is 3. The van der Waals surface area contributed by atoms with E-state index in [1.807, 2.05) is 30.5 Å². The van der Waals surface area contributed by atoms with Gasteiger partial charge in [-0.05, 0) is 104 Å². The number of anilines is 3. The molecule has 9 aromatic carbocycles. The summed E-state index contributed by atoms with van der Waals surface area (Å²) < 4.78 is 27.7. The monoisotopic (exact) mass is 849 g/mol. The van der Waals surface area contributed by atoms with Crippen LogP contribution in [0, 0.1) is 0 Å². The Kier molecular flexibility index (Phi) is 8.85. The highest BCUT2D eigenvalue weighted by molar-refractivity contribution is 6.09. The summed E-state index contributed by atoms with van der Waals surface area (Å²) in [7, 11) is 0. The zero-order chi connectivity index (χ0) is 46.5. The molecular weight excluding hydrogens is 801 g/mol. The minimum atomic E-state index is -2.31. The maximum atomic E-state index is 8.45. The van der Waals surface area contributed by atoms with Gasteiger partial charge in [-0.1, -0.05) is 194 Å². The molecule has 0 saturated heterocycles. The molecular formula is C62H46N4. The van der Waals surface area contributed by atoms with E-state index in [2.05, 4.69) is 228 Å². The maximum absolute atomic E-state index is 8.45. The summed E-state index contributed by atoms with van der Waals surface area (Å²) in [5.41, 5.74) is 14.9. The van der Waals surface area contributed by atoms with E-state index >= 15 is 0 Å². The molecule has 1 aliphatic heterocycles. The zero-order valence-electron chi connectivity index (χ0n) is 39.2. The van der Waals surface area contributed by atoms with E-state index in [4.69, 9.17) is 9.10 Å². The number of rotatable bonds is 9. The van der Waals surface area contributed by atoms with Crippen LogP contribution >= 0.6 is 0 Å². The molecule has 0 radical (unpaired) electrons. The molecule has 4 heteroatoms. The van der Waals surface area contributed by atoms with Gasteiger partial charge in [-0.15, -0.1) is 0 Å². The Hall–Kier alpha value is -8.47. The summed E-state index contributed by atoms with van der Waals surface area (Å²) in [6.45, 7) is -2.11. The fourth-order valence-electron chi connectivity index (χ4n) is 10.4. The highest BCUT2D eigenvalue weighted by atomic mass is 15.4. The molecule has 0 amide bonds. The van der Waals surface area contributed by atoms with Crippen LogP contribution in [0.25, 0.3) is 61.0 Å². The van der Waals surface area contributed by atoms with E-state index < -0.39 is 12.4 Å². The third kappa shape index (κ3) is 6.41. The van der Waals surface area contributed by atoms with Crippen LogP contribution in [-0.4, -0.2) is 23.2 Å². The molecule has 11 aromatic rings. The summed E-state index contributed by atoms with van der Waals surface area (Å²) in [4.78, 5) is 8.81. The van der Waals surface area contributed by atoms with E-state index in [-0.39, 0.29) is 6.67 Å². The minimum absolute atomic E-state index is 0.198. The van der Waals surface area contributed by atoms with Gasteiger partial charge in [0.25, 0.3) is 0 Å². The van der Waals surface area contributed by atoms with Gasteiger partial charge in [-0.2, -0.15) is 0 Å². The van der Waals surface area contributed by atoms with Gasteiger partial charge in [0.05, 0.1) is 34.5 Å². The molecule has 0 spiro atoms. The van der Waals surface area contributed by atoms with Crippen LogP contribution < -0.4 is 9.80 Å². The van der Waals surface area contributed by atoms with Crippen molar-refractivity contribution in [3.63, 3.8) is 0 Å². The Labute approximate surface area is 390 Å². The SMILES string of the molecule is [2H]C([2H])([2H])N1CN(c2cccc(C(c3ccccc3)(c3ccccc3)c3ccc4c5ccccc5n(-c5cc(-c6c(-c7ccccc7)cccc6-c6ccccc6)ccn5)c4c3)c2)c2ccccc21. The quantitative estimate of drug-likeness (QED) is 0.135. The molecule has 2 aromatic heterocycles. The first-order valence-corrected chi connectivity index (χ1v) is 22.5. The van der Waals surface area contributed by atoms with Gasteiger partial charge >= 0.3 is 0 Å². The number of benzene rings is 9. The summed E-state index contributed by atoms with van der Waals surface area (Å²) >= 11 is 0. The highest BCUT2D eigenvalue weighted by Crippen LogP contribution is 2.49. The van der Waals surface area contributed by atoms with E-state index in [1.165, 1.54) is 4.90 Å². The van der Waals surface area contributed by atoms with Crippen LogP contribution in [0.3, 0.4) is 0 Å². The summed E-state index contributed by atoms with van der Waals surface area (Å²) in [5.74, 6) is 0.816. The van der Waals surface area contributed by atoms with Crippen LogP contribution in [0.4, 0.5) is 17.1 Å². The van der Waals surface area contributed by atoms with Gasteiger partial charge in [0.15, 0.2) is 0 Å². The Bertz CT molecular complexity index is 3550. The molecule has 12 rings (SSSR count). The molecule has 314 valence electrons. The lowest BCUT2D eigenvalue weighted by Gasteiger charge is -2.37. The lowest BCUT2D eigenvalue weighted by Crippen LogP contribution is -2.31. The molecule has 66 heavy (non-hydrogen) atoms. The fraction of sp³-hybridized carbons (Fsp3) is 0.0484. The summed E-state index contributed by atoms with van der Waals surface area (Å²) in [5, 5.41) is 2.26. The molecule has 0 unspecified atom stereocenters. The molecule has 3 heterocycles. The van der Waals surface area contributed by atoms with Crippen LogP contribution in [-0.2, 0) is 5.41 Å².